The van der Waals surface area contributed by atoms with E-state index in [1.807, 2.05) is 0 Å². The first-order valence-corrected chi connectivity index (χ1v) is 4.12. The molecule has 82 valence electrons. The number of phenols is 1. The summed E-state index contributed by atoms with van der Waals surface area (Å²) in [6.07, 6.45) is 0.272. The molecule has 4 N–H and O–H groups in total. The van der Waals surface area contributed by atoms with Crippen LogP contribution in [0.5, 0.6) is 5.75 Å². The van der Waals surface area contributed by atoms with Crippen LogP contribution in [-0.4, -0.2) is 22.8 Å². The van der Waals surface area contributed by atoms with Crippen molar-refractivity contribution in [2.24, 2.45) is 5.90 Å². The average molecular weight is 215 g/mol. The van der Waals surface area contributed by atoms with E-state index >= 15 is 0 Å². The van der Waals surface area contributed by atoms with Crippen LogP contribution in [-0.2, 0) is 11.3 Å². The second kappa shape index (κ2) is 4.72. The van der Waals surface area contributed by atoms with Gasteiger partial charge in [0, 0.05) is 0 Å². The van der Waals surface area contributed by atoms with Crippen molar-refractivity contribution < 1.29 is 24.2 Å². The number of hydrogen-bond donors (Lipinski definition) is 3. The third-order valence-corrected chi connectivity index (χ3v) is 1.86. The van der Waals surface area contributed by atoms with Crippen LogP contribution in [0.4, 0.5) is 4.39 Å². The third kappa shape index (κ3) is 2.64. The van der Waals surface area contributed by atoms with Crippen molar-refractivity contribution in [1.82, 2.24) is 0 Å². The van der Waals surface area contributed by atoms with Crippen LogP contribution >= 0.6 is 0 Å². The van der Waals surface area contributed by atoms with E-state index in [1.165, 1.54) is 6.07 Å². The molecule has 0 unspecified atom stereocenters. The molecule has 0 aliphatic rings. The summed E-state index contributed by atoms with van der Waals surface area (Å²) >= 11 is 0. The van der Waals surface area contributed by atoms with Gasteiger partial charge in [0.2, 0.25) is 0 Å². The van der Waals surface area contributed by atoms with Crippen LogP contribution in [0.3, 0.4) is 0 Å². The van der Waals surface area contributed by atoms with Crippen molar-refractivity contribution >= 4 is 5.97 Å². The van der Waals surface area contributed by atoms with Gasteiger partial charge in [0.1, 0.15) is 5.56 Å². The molecule has 0 bridgehead atoms. The smallest absolute Gasteiger partial charge is 0.339 e. The second-order valence-electron chi connectivity index (χ2n) is 2.90. The summed E-state index contributed by atoms with van der Waals surface area (Å²) in [5, 5.41) is 17.8. The summed E-state index contributed by atoms with van der Waals surface area (Å²) in [5.41, 5.74) is -0.0739. The molecule has 0 atom stereocenters. The maximum atomic E-state index is 13.0. The van der Waals surface area contributed by atoms with Gasteiger partial charge in [0.05, 0.1) is 6.61 Å². The predicted octanol–water partition coefficient (Wildman–Crippen LogP) is 0.662. The zero-order valence-electron chi connectivity index (χ0n) is 7.74. The average Bonchev–Trinajstić information content (AvgIpc) is 2.19. The molecule has 15 heavy (non-hydrogen) atoms. The van der Waals surface area contributed by atoms with Gasteiger partial charge in [-0.1, -0.05) is 0 Å². The Bertz CT molecular complexity index is 381. The van der Waals surface area contributed by atoms with Crippen molar-refractivity contribution in [2.45, 2.75) is 6.42 Å². The van der Waals surface area contributed by atoms with Gasteiger partial charge in [-0.25, -0.2) is 15.1 Å². The number of hydrogen-bond acceptors (Lipinski definition) is 4. The largest absolute Gasteiger partial charge is 0.504 e. The summed E-state index contributed by atoms with van der Waals surface area (Å²) in [4.78, 5) is 14.9. The number of halogens is 1. The zero-order valence-corrected chi connectivity index (χ0v) is 7.74. The fourth-order valence-corrected chi connectivity index (χ4v) is 1.14. The lowest BCUT2D eigenvalue weighted by molar-refractivity contribution is 0.0692. The van der Waals surface area contributed by atoms with Crippen LogP contribution in [0.15, 0.2) is 12.1 Å². The number of carbonyl (C=O) groups is 1. The summed E-state index contributed by atoms with van der Waals surface area (Å²) in [6.45, 7) is 0.142. The van der Waals surface area contributed by atoms with Gasteiger partial charge in [0.25, 0.3) is 0 Å². The molecule has 1 aromatic rings. The van der Waals surface area contributed by atoms with Crippen LogP contribution < -0.4 is 5.90 Å². The molecular formula is C9H10FNO4. The van der Waals surface area contributed by atoms with E-state index < -0.39 is 23.1 Å². The highest BCUT2D eigenvalue weighted by molar-refractivity contribution is 5.91. The summed E-state index contributed by atoms with van der Waals surface area (Å²) in [5.74, 6) is 1.56. The third-order valence-electron chi connectivity index (χ3n) is 1.86. The standard InChI is InChI=1S/C9H10FNO4/c10-7-4-5(1-2-15-11)3-6(8(7)12)9(13)14/h3-4,12H,1-2,11H2,(H,13,14). The van der Waals surface area contributed by atoms with Crippen LogP contribution in [0.1, 0.15) is 15.9 Å². The molecule has 0 fully saturated rings. The first-order valence-electron chi connectivity index (χ1n) is 4.12. The predicted molar refractivity (Wildman–Crippen MR) is 48.9 cm³/mol. The van der Waals surface area contributed by atoms with Gasteiger partial charge in [-0.05, 0) is 24.1 Å². The quantitative estimate of drug-likeness (QED) is 0.641. The van der Waals surface area contributed by atoms with E-state index in [9.17, 15) is 9.18 Å². The van der Waals surface area contributed by atoms with E-state index in [0.717, 1.165) is 6.07 Å². The number of carboxylic acids is 1. The molecule has 0 amide bonds. The molecule has 0 aliphatic heterocycles. The molecule has 5 nitrogen and oxygen atoms in total. The monoisotopic (exact) mass is 215 g/mol. The van der Waals surface area contributed by atoms with Gasteiger partial charge in [-0.3, -0.25) is 0 Å². The molecule has 1 aromatic carbocycles. The highest BCUT2D eigenvalue weighted by Crippen LogP contribution is 2.23. The molecule has 0 saturated carbocycles. The van der Waals surface area contributed by atoms with Crippen molar-refractivity contribution in [1.29, 1.82) is 0 Å². The van der Waals surface area contributed by atoms with Crippen molar-refractivity contribution in [3.8, 4) is 5.75 Å². The Labute approximate surface area is 84.8 Å². The normalized spacial score (nSPS) is 10.3. The Balaban J connectivity index is 3.06. The minimum Gasteiger partial charge on any atom is -0.504 e. The maximum absolute atomic E-state index is 13.0. The van der Waals surface area contributed by atoms with E-state index in [1.54, 1.807) is 0 Å². The van der Waals surface area contributed by atoms with E-state index in [-0.39, 0.29) is 13.0 Å². The molecule has 0 spiro atoms. The summed E-state index contributed by atoms with van der Waals surface area (Å²) < 4.78 is 13.0. The zero-order chi connectivity index (χ0) is 11.4. The Morgan fingerprint density at radius 3 is 2.73 bits per heavy atom. The summed E-state index contributed by atoms with van der Waals surface area (Å²) in [6, 6.07) is 2.22. The molecule has 6 heteroatoms. The lowest BCUT2D eigenvalue weighted by Crippen LogP contribution is -2.06. The molecule has 0 aromatic heterocycles. The van der Waals surface area contributed by atoms with Gasteiger partial charge in [-0.2, -0.15) is 0 Å². The Hall–Kier alpha value is -1.66. The SMILES string of the molecule is NOCCc1cc(F)c(O)c(C(=O)O)c1. The molecular weight excluding hydrogens is 205 g/mol. The van der Waals surface area contributed by atoms with E-state index in [2.05, 4.69) is 4.84 Å². The number of benzene rings is 1. The Morgan fingerprint density at radius 1 is 1.53 bits per heavy atom. The first kappa shape index (κ1) is 11.4. The molecule has 0 saturated heterocycles. The van der Waals surface area contributed by atoms with Gasteiger partial charge in [0.15, 0.2) is 11.6 Å². The highest BCUT2D eigenvalue weighted by Gasteiger charge is 2.15. The fraction of sp³-hybridized carbons (Fsp3) is 0.222. The molecule has 0 radical (unpaired) electrons. The lowest BCUT2D eigenvalue weighted by atomic mass is 10.1. The van der Waals surface area contributed by atoms with Crippen molar-refractivity contribution in [2.75, 3.05) is 6.61 Å². The molecule has 0 aliphatic carbocycles. The number of nitrogens with two attached hydrogens (primary N) is 1. The highest BCUT2D eigenvalue weighted by atomic mass is 19.1. The van der Waals surface area contributed by atoms with Crippen molar-refractivity contribution in [3.05, 3.63) is 29.1 Å². The van der Waals surface area contributed by atoms with E-state index in [0.29, 0.717) is 5.56 Å². The number of rotatable bonds is 4. The lowest BCUT2D eigenvalue weighted by Gasteiger charge is -2.05. The van der Waals surface area contributed by atoms with Gasteiger partial charge < -0.3 is 15.1 Å². The fourth-order valence-electron chi connectivity index (χ4n) is 1.14. The molecule has 1 rings (SSSR count). The molecule has 0 heterocycles. The number of carboxylic acid groups (broad SMARTS) is 1. The van der Waals surface area contributed by atoms with E-state index in [4.69, 9.17) is 16.1 Å². The van der Waals surface area contributed by atoms with Crippen LogP contribution in [0, 0.1) is 5.82 Å². The van der Waals surface area contributed by atoms with Crippen LogP contribution in [0.25, 0.3) is 0 Å². The number of aromatic hydroxyl groups is 1. The first-order chi connectivity index (χ1) is 7.06. The topological polar surface area (TPSA) is 92.8 Å². The minimum absolute atomic E-state index is 0.142. The van der Waals surface area contributed by atoms with Gasteiger partial charge >= 0.3 is 5.97 Å². The number of aromatic carboxylic acids is 1. The Morgan fingerprint density at radius 2 is 2.20 bits per heavy atom. The Kier molecular flexibility index (Phi) is 3.59. The minimum atomic E-state index is -1.39. The second-order valence-corrected chi connectivity index (χ2v) is 2.90. The van der Waals surface area contributed by atoms with Gasteiger partial charge in [-0.15, -0.1) is 0 Å². The van der Waals surface area contributed by atoms with Crippen molar-refractivity contribution in [3.63, 3.8) is 0 Å². The van der Waals surface area contributed by atoms with Crippen LogP contribution in [0.2, 0.25) is 0 Å². The summed E-state index contributed by atoms with van der Waals surface area (Å²) in [7, 11) is 0. The maximum Gasteiger partial charge on any atom is 0.339 e.